The van der Waals surface area contributed by atoms with E-state index in [2.05, 4.69) is 15.5 Å². The smallest absolute Gasteiger partial charge is 0.228 e. The van der Waals surface area contributed by atoms with E-state index >= 15 is 0 Å². The highest BCUT2D eigenvalue weighted by atomic mass is 35.5. The molecule has 0 aromatic carbocycles. The SMILES string of the molecule is COCC1(C(=O)NC2CCN3CCCC3C2)CCNCC1.Cl.Cl. The Hall–Kier alpha value is -0.0700. The summed E-state index contributed by atoms with van der Waals surface area (Å²) in [5, 5.41) is 6.70. The standard InChI is InChI=1S/C16H29N3O2.2ClH/c1-21-12-16(5-7-17-8-6-16)15(20)18-13-4-10-19-9-2-3-14(19)11-13;;/h13-14,17H,2-12H2,1H3,(H,18,20);2*1H. The molecule has 0 spiro atoms. The van der Waals surface area contributed by atoms with Crippen molar-refractivity contribution in [3.63, 3.8) is 0 Å². The summed E-state index contributed by atoms with van der Waals surface area (Å²) in [6.45, 7) is 4.78. The first-order chi connectivity index (χ1) is 10.2. The van der Waals surface area contributed by atoms with E-state index in [1.54, 1.807) is 7.11 Å². The van der Waals surface area contributed by atoms with Crippen LogP contribution in [0.1, 0.15) is 38.5 Å². The van der Waals surface area contributed by atoms with Crippen LogP contribution in [0.25, 0.3) is 0 Å². The zero-order valence-electron chi connectivity index (χ0n) is 14.0. The van der Waals surface area contributed by atoms with E-state index in [1.807, 2.05) is 0 Å². The molecule has 0 aromatic rings. The maximum Gasteiger partial charge on any atom is 0.228 e. The highest BCUT2D eigenvalue weighted by molar-refractivity contribution is 5.85. The summed E-state index contributed by atoms with van der Waals surface area (Å²) < 4.78 is 5.37. The van der Waals surface area contributed by atoms with Gasteiger partial charge >= 0.3 is 0 Å². The van der Waals surface area contributed by atoms with Crippen molar-refractivity contribution in [1.29, 1.82) is 0 Å². The Labute approximate surface area is 152 Å². The average molecular weight is 368 g/mol. The van der Waals surface area contributed by atoms with Crippen LogP contribution in [0.4, 0.5) is 0 Å². The molecular formula is C16H31Cl2N3O2. The molecule has 136 valence electrons. The number of halogens is 2. The summed E-state index contributed by atoms with van der Waals surface area (Å²) in [5.74, 6) is 0.224. The summed E-state index contributed by atoms with van der Waals surface area (Å²) in [6, 6.07) is 1.07. The number of nitrogens with one attached hydrogen (secondary N) is 2. The van der Waals surface area contributed by atoms with Gasteiger partial charge in [0.05, 0.1) is 12.0 Å². The van der Waals surface area contributed by atoms with Crippen LogP contribution >= 0.6 is 24.8 Å². The summed E-state index contributed by atoms with van der Waals surface area (Å²) >= 11 is 0. The summed E-state index contributed by atoms with van der Waals surface area (Å²) in [7, 11) is 1.70. The molecule has 0 aromatic heterocycles. The van der Waals surface area contributed by atoms with Crippen LogP contribution in [0.5, 0.6) is 0 Å². The molecule has 3 heterocycles. The van der Waals surface area contributed by atoms with Gasteiger partial charge in [0.15, 0.2) is 0 Å². The van der Waals surface area contributed by atoms with Gasteiger partial charge in [0.1, 0.15) is 0 Å². The van der Waals surface area contributed by atoms with Gasteiger partial charge in [-0.3, -0.25) is 4.79 Å². The minimum absolute atomic E-state index is 0. The molecule has 0 bridgehead atoms. The number of carbonyl (C=O) groups is 1. The van der Waals surface area contributed by atoms with Gasteiger partial charge in [0.25, 0.3) is 0 Å². The Bertz CT molecular complexity index is 373. The summed E-state index contributed by atoms with van der Waals surface area (Å²) in [6.07, 6.45) is 6.63. The van der Waals surface area contributed by atoms with Gasteiger partial charge in [0.2, 0.25) is 5.91 Å². The van der Waals surface area contributed by atoms with Gasteiger partial charge in [-0.15, -0.1) is 24.8 Å². The number of ether oxygens (including phenoxy) is 1. The van der Waals surface area contributed by atoms with Crippen molar-refractivity contribution in [2.24, 2.45) is 5.41 Å². The van der Waals surface area contributed by atoms with Crippen molar-refractivity contribution in [1.82, 2.24) is 15.5 Å². The monoisotopic (exact) mass is 367 g/mol. The summed E-state index contributed by atoms with van der Waals surface area (Å²) in [5.41, 5.74) is -0.313. The maximum absolute atomic E-state index is 12.8. The Morgan fingerprint density at radius 3 is 2.70 bits per heavy atom. The molecular weight excluding hydrogens is 337 g/mol. The maximum atomic E-state index is 12.8. The van der Waals surface area contributed by atoms with E-state index in [4.69, 9.17) is 4.74 Å². The third-order valence-electron chi connectivity index (χ3n) is 5.62. The first-order valence-corrected chi connectivity index (χ1v) is 8.48. The lowest BCUT2D eigenvalue weighted by Gasteiger charge is -2.39. The fourth-order valence-electron chi connectivity index (χ4n) is 4.31. The fraction of sp³-hybridized carbons (Fsp3) is 0.938. The topological polar surface area (TPSA) is 53.6 Å². The second-order valence-corrected chi connectivity index (χ2v) is 6.99. The molecule has 3 saturated heterocycles. The first kappa shape index (κ1) is 21.0. The number of piperidine rings is 2. The number of carbonyl (C=O) groups excluding carboxylic acids is 1. The van der Waals surface area contributed by atoms with E-state index in [9.17, 15) is 4.79 Å². The molecule has 1 amide bonds. The molecule has 3 fully saturated rings. The normalized spacial score (nSPS) is 29.8. The highest BCUT2D eigenvalue weighted by Gasteiger charge is 2.41. The minimum atomic E-state index is -0.313. The molecule has 0 saturated carbocycles. The van der Waals surface area contributed by atoms with Gasteiger partial charge in [-0.1, -0.05) is 0 Å². The number of methoxy groups -OCH3 is 1. The van der Waals surface area contributed by atoms with Gasteiger partial charge in [0, 0.05) is 25.7 Å². The largest absolute Gasteiger partial charge is 0.384 e. The Morgan fingerprint density at radius 1 is 1.26 bits per heavy atom. The van der Waals surface area contributed by atoms with Crippen molar-refractivity contribution in [2.45, 2.75) is 50.6 Å². The van der Waals surface area contributed by atoms with E-state index in [0.717, 1.165) is 45.3 Å². The third-order valence-corrected chi connectivity index (χ3v) is 5.62. The van der Waals surface area contributed by atoms with Crippen molar-refractivity contribution in [3.8, 4) is 0 Å². The second kappa shape index (κ2) is 9.42. The van der Waals surface area contributed by atoms with Crippen LogP contribution in [0.3, 0.4) is 0 Å². The quantitative estimate of drug-likeness (QED) is 0.791. The molecule has 3 aliphatic rings. The number of rotatable bonds is 4. The average Bonchev–Trinajstić information content (AvgIpc) is 2.96. The molecule has 5 nitrogen and oxygen atoms in total. The van der Waals surface area contributed by atoms with E-state index in [-0.39, 0.29) is 36.1 Å². The van der Waals surface area contributed by atoms with Crippen LogP contribution in [0.15, 0.2) is 0 Å². The van der Waals surface area contributed by atoms with Crippen LogP contribution in [-0.2, 0) is 9.53 Å². The van der Waals surface area contributed by atoms with E-state index in [0.29, 0.717) is 18.7 Å². The van der Waals surface area contributed by atoms with E-state index < -0.39 is 0 Å². The number of hydrogen-bond donors (Lipinski definition) is 2. The molecule has 3 aliphatic heterocycles. The predicted molar refractivity (Wildman–Crippen MR) is 96.7 cm³/mol. The van der Waals surface area contributed by atoms with Crippen molar-refractivity contribution in [3.05, 3.63) is 0 Å². The molecule has 2 atom stereocenters. The molecule has 2 N–H and O–H groups in total. The molecule has 0 radical (unpaired) electrons. The molecule has 0 aliphatic carbocycles. The highest BCUT2D eigenvalue weighted by Crippen LogP contribution is 2.31. The van der Waals surface area contributed by atoms with Crippen molar-refractivity contribution >= 4 is 30.7 Å². The Balaban J connectivity index is 0.00000132. The Kier molecular flexibility index (Phi) is 8.59. The fourth-order valence-corrected chi connectivity index (χ4v) is 4.31. The lowest BCUT2D eigenvalue weighted by atomic mass is 9.78. The second-order valence-electron chi connectivity index (χ2n) is 6.99. The molecule has 3 rings (SSSR count). The Morgan fingerprint density at radius 2 is 2.00 bits per heavy atom. The van der Waals surface area contributed by atoms with Crippen LogP contribution < -0.4 is 10.6 Å². The molecule has 7 heteroatoms. The lowest BCUT2D eigenvalue weighted by molar-refractivity contribution is -0.137. The third kappa shape index (κ3) is 4.73. The number of hydrogen-bond acceptors (Lipinski definition) is 4. The number of amides is 1. The first-order valence-electron chi connectivity index (χ1n) is 8.48. The molecule has 2 unspecified atom stereocenters. The van der Waals surface area contributed by atoms with Gasteiger partial charge in [-0.25, -0.2) is 0 Å². The number of fused-ring (bicyclic) bond motifs is 1. The van der Waals surface area contributed by atoms with E-state index in [1.165, 1.54) is 19.4 Å². The zero-order valence-corrected chi connectivity index (χ0v) is 15.6. The number of nitrogens with zero attached hydrogens (tertiary/aromatic N) is 1. The van der Waals surface area contributed by atoms with Crippen LogP contribution in [-0.4, -0.2) is 62.8 Å². The van der Waals surface area contributed by atoms with Gasteiger partial charge in [-0.05, 0) is 58.2 Å². The van der Waals surface area contributed by atoms with Crippen LogP contribution in [0, 0.1) is 5.41 Å². The van der Waals surface area contributed by atoms with Crippen LogP contribution in [0.2, 0.25) is 0 Å². The molecule has 23 heavy (non-hydrogen) atoms. The van der Waals surface area contributed by atoms with Gasteiger partial charge < -0.3 is 20.3 Å². The summed E-state index contributed by atoms with van der Waals surface area (Å²) in [4.78, 5) is 15.4. The van der Waals surface area contributed by atoms with Crippen molar-refractivity contribution in [2.75, 3.05) is 39.9 Å². The lowest BCUT2D eigenvalue weighted by Crippen LogP contribution is -2.55. The minimum Gasteiger partial charge on any atom is -0.384 e. The predicted octanol–water partition coefficient (Wildman–Crippen LogP) is 1.59. The van der Waals surface area contributed by atoms with Gasteiger partial charge in [-0.2, -0.15) is 0 Å². The zero-order chi connectivity index (χ0) is 14.7. The van der Waals surface area contributed by atoms with Crippen molar-refractivity contribution < 1.29 is 9.53 Å².